The van der Waals surface area contributed by atoms with Gasteiger partial charge in [-0.2, -0.15) is 0 Å². The highest BCUT2D eigenvalue weighted by atomic mass is 16.6. The first kappa shape index (κ1) is 5.97. The van der Waals surface area contributed by atoms with Gasteiger partial charge in [-0.05, 0) is 6.42 Å². The van der Waals surface area contributed by atoms with E-state index in [1.54, 1.807) is 0 Å². The summed E-state index contributed by atoms with van der Waals surface area (Å²) in [7, 11) is 0. The summed E-state index contributed by atoms with van der Waals surface area (Å²) < 4.78 is 10.1. The molecule has 1 saturated carbocycles. The van der Waals surface area contributed by atoms with Crippen molar-refractivity contribution >= 4 is 5.97 Å². The number of ether oxygens (including phenoxy) is 2. The molecule has 4 heteroatoms. The van der Waals surface area contributed by atoms with Gasteiger partial charge in [-0.3, -0.25) is 0 Å². The molecule has 0 amide bonds. The predicted molar refractivity (Wildman–Crippen MR) is 32.7 cm³/mol. The zero-order chi connectivity index (χ0) is 7.59. The zero-order valence-electron chi connectivity index (χ0n) is 5.77. The van der Waals surface area contributed by atoms with Gasteiger partial charge in [-0.1, -0.05) is 0 Å². The number of esters is 1. The molecule has 3 rings (SSSR count). The highest BCUT2D eigenvalue weighted by Crippen LogP contribution is 2.48. The van der Waals surface area contributed by atoms with E-state index >= 15 is 0 Å². The van der Waals surface area contributed by atoms with E-state index in [0.29, 0.717) is 0 Å². The molecule has 3 aliphatic rings. The predicted octanol–water partition coefficient (Wildman–Crippen LogP) is -0.940. The smallest absolute Gasteiger partial charge is 0.335 e. The summed E-state index contributed by atoms with van der Waals surface area (Å²) in [5.41, 5.74) is 0. The third-order valence-corrected chi connectivity index (χ3v) is 2.77. The number of hydrogen-bond acceptors (Lipinski definition) is 4. The fraction of sp³-hybridized carbons (Fsp3) is 0.857. The van der Waals surface area contributed by atoms with Crippen LogP contribution >= 0.6 is 0 Å². The van der Waals surface area contributed by atoms with Crippen molar-refractivity contribution in [1.29, 1.82) is 0 Å². The van der Waals surface area contributed by atoms with Crippen molar-refractivity contribution in [3.05, 3.63) is 0 Å². The molecule has 5 atom stereocenters. The summed E-state index contributed by atoms with van der Waals surface area (Å²) in [5, 5.41) is 9.28. The number of carbonyl (C=O) groups is 1. The van der Waals surface area contributed by atoms with E-state index in [0.717, 1.165) is 6.42 Å². The Morgan fingerprint density at radius 2 is 2.27 bits per heavy atom. The molecule has 2 aliphatic heterocycles. The lowest BCUT2D eigenvalue weighted by molar-refractivity contribution is -0.147. The van der Waals surface area contributed by atoms with E-state index in [1.165, 1.54) is 0 Å². The van der Waals surface area contributed by atoms with Gasteiger partial charge in [0.05, 0.1) is 6.10 Å². The van der Waals surface area contributed by atoms with Gasteiger partial charge in [0.25, 0.3) is 0 Å². The second-order valence-corrected chi connectivity index (χ2v) is 3.39. The SMILES string of the molecule is O=C1O[C@@H]2[C@@H](C[C@H]3O[C@@H]23)[C@@H]1O. The van der Waals surface area contributed by atoms with E-state index in [-0.39, 0.29) is 24.2 Å². The number of fused-ring (bicyclic) bond motifs is 3. The van der Waals surface area contributed by atoms with Gasteiger partial charge in [0.1, 0.15) is 12.2 Å². The van der Waals surface area contributed by atoms with Gasteiger partial charge in [-0.25, -0.2) is 4.79 Å². The van der Waals surface area contributed by atoms with Crippen LogP contribution in [0.4, 0.5) is 0 Å². The Morgan fingerprint density at radius 3 is 3.00 bits per heavy atom. The van der Waals surface area contributed by atoms with E-state index in [1.807, 2.05) is 0 Å². The van der Waals surface area contributed by atoms with E-state index < -0.39 is 12.1 Å². The van der Waals surface area contributed by atoms with Crippen molar-refractivity contribution in [3.8, 4) is 0 Å². The lowest BCUT2D eigenvalue weighted by atomic mass is 10.0. The molecule has 0 spiro atoms. The molecule has 3 fully saturated rings. The topological polar surface area (TPSA) is 59.1 Å². The molecule has 4 nitrogen and oxygen atoms in total. The van der Waals surface area contributed by atoms with Crippen molar-refractivity contribution in [1.82, 2.24) is 0 Å². The summed E-state index contributed by atoms with van der Waals surface area (Å²) in [6.07, 6.45) is 0.0927. The fourth-order valence-electron chi connectivity index (χ4n) is 2.12. The summed E-state index contributed by atoms with van der Waals surface area (Å²) in [6.45, 7) is 0. The maximum absolute atomic E-state index is 10.8. The van der Waals surface area contributed by atoms with Crippen LogP contribution in [0, 0.1) is 5.92 Å². The normalized spacial score (nSPS) is 58.6. The zero-order valence-corrected chi connectivity index (χ0v) is 5.77. The Balaban J connectivity index is 1.90. The standard InChI is InChI=1S/C7H8O4/c8-4-2-1-3-6(10-3)5(2)11-7(4)9/h2-6,8H,1H2/t2-,3+,4-,5+,6+/m0/s1. The van der Waals surface area contributed by atoms with Gasteiger partial charge >= 0.3 is 5.97 Å². The molecule has 11 heavy (non-hydrogen) atoms. The first-order valence-electron chi connectivity index (χ1n) is 3.81. The molecule has 0 aromatic carbocycles. The van der Waals surface area contributed by atoms with Crippen LogP contribution in [0.25, 0.3) is 0 Å². The number of aliphatic hydroxyl groups is 1. The van der Waals surface area contributed by atoms with Crippen LogP contribution in [0.1, 0.15) is 6.42 Å². The monoisotopic (exact) mass is 156 g/mol. The molecule has 0 radical (unpaired) electrons. The molecule has 1 aliphatic carbocycles. The van der Waals surface area contributed by atoms with Crippen molar-refractivity contribution in [3.63, 3.8) is 0 Å². The molecule has 1 N–H and O–H groups in total. The maximum Gasteiger partial charge on any atom is 0.335 e. The first-order valence-corrected chi connectivity index (χ1v) is 3.81. The van der Waals surface area contributed by atoms with E-state index in [9.17, 15) is 9.90 Å². The number of epoxide rings is 1. The van der Waals surface area contributed by atoms with Gasteiger partial charge in [-0.15, -0.1) is 0 Å². The Bertz CT molecular complexity index is 226. The molecule has 0 aromatic heterocycles. The average molecular weight is 156 g/mol. The molecular weight excluding hydrogens is 148 g/mol. The third kappa shape index (κ3) is 0.594. The summed E-state index contributed by atoms with van der Waals surface area (Å²) in [6, 6.07) is 0. The minimum absolute atomic E-state index is 0.00579. The molecule has 60 valence electrons. The fourth-order valence-corrected chi connectivity index (χ4v) is 2.12. The van der Waals surface area contributed by atoms with Crippen LogP contribution in [0.2, 0.25) is 0 Å². The van der Waals surface area contributed by atoms with Gasteiger partial charge < -0.3 is 14.6 Å². The molecule has 0 bridgehead atoms. The van der Waals surface area contributed by atoms with Crippen molar-refractivity contribution in [2.45, 2.75) is 30.8 Å². The highest BCUT2D eigenvalue weighted by Gasteiger charge is 2.63. The Hall–Kier alpha value is -0.610. The van der Waals surface area contributed by atoms with Crippen molar-refractivity contribution < 1.29 is 19.4 Å². The first-order chi connectivity index (χ1) is 5.27. The second-order valence-electron chi connectivity index (χ2n) is 3.39. The number of hydrogen-bond donors (Lipinski definition) is 1. The van der Waals surface area contributed by atoms with E-state index in [4.69, 9.17) is 9.47 Å². The third-order valence-electron chi connectivity index (χ3n) is 2.77. The molecular formula is C7H8O4. The lowest BCUT2D eigenvalue weighted by Gasteiger charge is -2.09. The van der Waals surface area contributed by atoms with Crippen LogP contribution in [0.5, 0.6) is 0 Å². The van der Waals surface area contributed by atoms with Crippen molar-refractivity contribution in [2.24, 2.45) is 5.92 Å². The Labute approximate surface area is 63.1 Å². The largest absolute Gasteiger partial charge is 0.457 e. The van der Waals surface area contributed by atoms with Crippen LogP contribution in [-0.4, -0.2) is 35.5 Å². The lowest BCUT2D eigenvalue weighted by Crippen LogP contribution is -2.24. The summed E-state index contributed by atoms with van der Waals surface area (Å²) >= 11 is 0. The van der Waals surface area contributed by atoms with Crippen LogP contribution in [-0.2, 0) is 14.3 Å². The van der Waals surface area contributed by atoms with Crippen LogP contribution in [0.15, 0.2) is 0 Å². The summed E-state index contributed by atoms with van der Waals surface area (Å²) in [4.78, 5) is 10.8. The van der Waals surface area contributed by atoms with E-state index in [2.05, 4.69) is 0 Å². The Morgan fingerprint density at radius 1 is 1.45 bits per heavy atom. The summed E-state index contributed by atoms with van der Waals surface area (Å²) in [5.74, 6) is -0.472. The molecule has 2 saturated heterocycles. The quantitative estimate of drug-likeness (QED) is 0.363. The van der Waals surface area contributed by atoms with Gasteiger partial charge in [0.15, 0.2) is 6.10 Å². The minimum atomic E-state index is -0.892. The maximum atomic E-state index is 10.8. The Kier molecular flexibility index (Phi) is 0.863. The van der Waals surface area contributed by atoms with Crippen LogP contribution in [0.3, 0.4) is 0 Å². The van der Waals surface area contributed by atoms with Gasteiger partial charge in [0.2, 0.25) is 0 Å². The molecule has 0 unspecified atom stereocenters. The average Bonchev–Trinajstić information content (AvgIpc) is 2.59. The van der Waals surface area contributed by atoms with Crippen molar-refractivity contribution in [2.75, 3.05) is 0 Å². The van der Waals surface area contributed by atoms with Gasteiger partial charge in [0, 0.05) is 5.92 Å². The highest BCUT2D eigenvalue weighted by molar-refractivity contribution is 5.77. The molecule has 2 heterocycles. The number of carbonyl (C=O) groups excluding carboxylic acids is 1. The molecule has 0 aromatic rings. The second kappa shape index (κ2) is 1.59. The number of aliphatic hydroxyl groups excluding tert-OH is 1. The number of rotatable bonds is 0. The minimum Gasteiger partial charge on any atom is -0.457 e. The van der Waals surface area contributed by atoms with Crippen LogP contribution < -0.4 is 0 Å².